The average Bonchev–Trinajstić information content (AvgIpc) is 2.61. The second-order valence-electron chi connectivity index (χ2n) is 5.65. The Bertz CT molecular complexity index is 894. The molecule has 4 nitrogen and oxygen atoms in total. The van der Waals surface area contributed by atoms with Crippen molar-refractivity contribution < 1.29 is 27.1 Å². The van der Waals surface area contributed by atoms with Crippen molar-refractivity contribution in [2.45, 2.75) is 13.1 Å². The molecule has 2 aromatic carbocycles. The number of hydrogen-bond donors (Lipinski definition) is 1. The Kier molecular flexibility index (Phi) is 6.28. The highest BCUT2D eigenvalue weighted by Gasteiger charge is 2.34. The Morgan fingerprint density at radius 2 is 2.00 bits per heavy atom. The fourth-order valence-electron chi connectivity index (χ4n) is 2.08. The molecule has 9 heteroatoms. The van der Waals surface area contributed by atoms with Crippen LogP contribution in [0.3, 0.4) is 0 Å². The molecule has 0 fully saturated rings. The molecule has 0 bridgehead atoms. The van der Waals surface area contributed by atoms with Gasteiger partial charge >= 0.3 is 6.18 Å². The molecule has 0 spiro atoms. The van der Waals surface area contributed by atoms with Gasteiger partial charge in [0.2, 0.25) is 5.91 Å². The largest absolute Gasteiger partial charge is 0.493 e. The number of benzene rings is 2. The number of nitriles is 1. The summed E-state index contributed by atoms with van der Waals surface area (Å²) in [5, 5.41) is 11.0. The topological polar surface area (TPSA) is 62.1 Å². The number of ether oxygens (including phenoxy) is 1. The molecule has 1 N–H and O–H groups in total. The summed E-state index contributed by atoms with van der Waals surface area (Å²) in [5.74, 6) is -1.85. The van der Waals surface area contributed by atoms with Gasteiger partial charge in [0.1, 0.15) is 11.6 Å². The molecule has 2 rings (SSSR count). The molecule has 0 aliphatic heterocycles. The van der Waals surface area contributed by atoms with E-state index in [9.17, 15) is 22.4 Å². The van der Waals surface area contributed by atoms with Gasteiger partial charge in [0.25, 0.3) is 0 Å². The number of carbonyl (C=O) groups is 1. The third-order valence-corrected chi connectivity index (χ3v) is 3.86. The molecule has 0 aliphatic carbocycles. The summed E-state index contributed by atoms with van der Waals surface area (Å²) in [4.78, 5) is 12.1. The third-order valence-electron chi connectivity index (χ3n) is 3.55. The molecule has 2 aromatic rings. The first-order valence-corrected chi connectivity index (χ1v) is 7.99. The van der Waals surface area contributed by atoms with Gasteiger partial charge in [-0.2, -0.15) is 18.4 Å². The molecule has 0 saturated heterocycles. The van der Waals surface area contributed by atoms with E-state index in [4.69, 9.17) is 21.6 Å². The van der Waals surface area contributed by atoms with Gasteiger partial charge in [-0.3, -0.25) is 4.79 Å². The summed E-state index contributed by atoms with van der Waals surface area (Å²) < 4.78 is 57.5. The highest BCUT2D eigenvalue weighted by molar-refractivity contribution is 6.30. The summed E-state index contributed by atoms with van der Waals surface area (Å²) in [6, 6.07) is 8.12. The number of amides is 1. The van der Waals surface area contributed by atoms with Crippen molar-refractivity contribution >= 4 is 23.2 Å². The Morgan fingerprint density at radius 1 is 1.30 bits per heavy atom. The van der Waals surface area contributed by atoms with Crippen LogP contribution in [0.25, 0.3) is 0 Å². The van der Waals surface area contributed by atoms with Crippen molar-refractivity contribution in [1.29, 1.82) is 5.26 Å². The smallest absolute Gasteiger partial charge is 0.417 e. The van der Waals surface area contributed by atoms with Crippen LogP contribution in [-0.2, 0) is 11.0 Å². The zero-order valence-corrected chi connectivity index (χ0v) is 14.7. The van der Waals surface area contributed by atoms with E-state index < -0.39 is 34.9 Å². The van der Waals surface area contributed by atoms with Gasteiger partial charge in [-0.15, -0.1) is 0 Å². The van der Waals surface area contributed by atoms with Crippen molar-refractivity contribution in [3.63, 3.8) is 0 Å². The predicted octanol–water partition coefficient (Wildman–Crippen LogP) is 5.02. The van der Waals surface area contributed by atoms with Gasteiger partial charge in [0.05, 0.1) is 34.7 Å². The molecular formula is C18H13ClF4N2O2. The van der Waals surface area contributed by atoms with Crippen LogP contribution in [0.2, 0.25) is 5.02 Å². The molecule has 142 valence electrons. The van der Waals surface area contributed by atoms with E-state index in [0.29, 0.717) is 6.07 Å². The van der Waals surface area contributed by atoms with E-state index in [0.717, 1.165) is 12.1 Å². The molecule has 0 saturated carbocycles. The van der Waals surface area contributed by atoms with Crippen molar-refractivity contribution in [2.24, 2.45) is 5.92 Å². The number of nitrogens with one attached hydrogen (secondary N) is 1. The number of halogens is 5. The Balaban J connectivity index is 2.03. The number of rotatable bonds is 5. The van der Waals surface area contributed by atoms with Crippen LogP contribution in [0.4, 0.5) is 23.2 Å². The van der Waals surface area contributed by atoms with Crippen LogP contribution >= 0.6 is 11.6 Å². The molecule has 1 amide bonds. The van der Waals surface area contributed by atoms with Gasteiger partial charge in [-0.05, 0) is 30.3 Å². The minimum absolute atomic E-state index is 0.0746. The van der Waals surface area contributed by atoms with E-state index in [-0.39, 0.29) is 23.1 Å². The van der Waals surface area contributed by atoms with Gasteiger partial charge in [0, 0.05) is 11.8 Å². The first-order chi connectivity index (χ1) is 12.6. The second-order valence-corrected chi connectivity index (χ2v) is 6.05. The van der Waals surface area contributed by atoms with E-state index in [2.05, 4.69) is 5.32 Å². The standard InChI is InChI=1S/C18H13ClF4N2O2/c1-10(9-27-13-4-5-15(19)16(20)7-13)17(26)25-12-3-2-11(8-24)14(6-12)18(21,22)23/h2-7,10H,9H2,1H3,(H,25,26). The van der Waals surface area contributed by atoms with Crippen molar-refractivity contribution in [2.75, 3.05) is 11.9 Å². The van der Waals surface area contributed by atoms with Crippen molar-refractivity contribution in [3.8, 4) is 11.8 Å². The lowest BCUT2D eigenvalue weighted by Crippen LogP contribution is -2.25. The zero-order chi connectivity index (χ0) is 20.2. The van der Waals surface area contributed by atoms with Crippen molar-refractivity contribution in [3.05, 3.63) is 58.4 Å². The fourth-order valence-corrected chi connectivity index (χ4v) is 2.20. The van der Waals surface area contributed by atoms with Gasteiger partial charge in [-0.25, -0.2) is 4.39 Å². The first-order valence-electron chi connectivity index (χ1n) is 7.62. The van der Waals surface area contributed by atoms with Gasteiger partial charge in [0.15, 0.2) is 0 Å². The normalized spacial score (nSPS) is 12.2. The molecule has 0 heterocycles. The molecule has 1 atom stereocenters. The lowest BCUT2D eigenvalue weighted by atomic mass is 10.1. The summed E-state index contributed by atoms with van der Waals surface area (Å²) in [6.07, 6.45) is -4.72. The molecule has 0 radical (unpaired) electrons. The van der Waals surface area contributed by atoms with Crippen LogP contribution in [-0.4, -0.2) is 12.5 Å². The number of hydrogen-bond acceptors (Lipinski definition) is 3. The Hall–Kier alpha value is -2.79. The fraction of sp³-hybridized carbons (Fsp3) is 0.222. The van der Waals surface area contributed by atoms with Crippen LogP contribution in [0.15, 0.2) is 36.4 Å². The number of nitrogens with zero attached hydrogens (tertiary/aromatic N) is 1. The summed E-state index contributed by atoms with van der Waals surface area (Å²) in [7, 11) is 0. The number of carbonyl (C=O) groups excluding carboxylic acids is 1. The Labute approximate surface area is 157 Å². The van der Waals surface area contributed by atoms with E-state index >= 15 is 0 Å². The summed E-state index contributed by atoms with van der Waals surface area (Å²) in [5.41, 5.74) is -1.78. The van der Waals surface area contributed by atoms with Gasteiger partial charge < -0.3 is 10.1 Å². The maximum Gasteiger partial charge on any atom is 0.417 e. The highest BCUT2D eigenvalue weighted by Crippen LogP contribution is 2.33. The maximum atomic E-state index is 13.3. The lowest BCUT2D eigenvalue weighted by molar-refractivity contribution is -0.137. The predicted molar refractivity (Wildman–Crippen MR) is 90.9 cm³/mol. The Morgan fingerprint density at radius 3 is 2.59 bits per heavy atom. The number of alkyl halides is 3. The van der Waals surface area contributed by atoms with Gasteiger partial charge in [-0.1, -0.05) is 18.5 Å². The summed E-state index contributed by atoms with van der Waals surface area (Å²) in [6.45, 7) is 1.37. The molecule has 1 unspecified atom stereocenters. The van der Waals surface area contributed by atoms with Crippen LogP contribution in [0.5, 0.6) is 5.75 Å². The lowest BCUT2D eigenvalue weighted by Gasteiger charge is -2.15. The molecule has 27 heavy (non-hydrogen) atoms. The van der Waals surface area contributed by atoms with E-state index in [1.165, 1.54) is 31.2 Å². The first kappa shape index (κ1) is 20.5. The molecular weight excluding hydrogens is 388 g/mol. The SMILES string of the molecule is CC(COc1ccc(Cl)c(F)c1)C(=O)Nc1ccc(C#N)c(C(F)(F)F)c1. The third kappa shape index (κ3) is 5.34. The average molecular weight is 401 g/mol. The minimum atomic E-state index is -4.72. The van der Waals surface area contributed by atoms with E-state index in [1.54, 1.807) is 0 Å². The zero-order valence-electron chi connectivity index (χ0n) is 13.9. The maximum absolute atomic E-state index is 13.3. The number of anilines is 1. The molecule has 0 aromatic heterocycles. The molecule has 0 aliphatic rings. The van der Waals surface area contributed by atoms with Crippen molar-refractivity contribution in [1.82, 2.24) is 0 Å². The monoisotopic (exact) mass is 400 g/mol. The van der Waals surface area contributed by atoms with Crippen LogP contribution < -0.4 is 10.1 Å². The van der Waals surface area contributed by atoms with Crippen LogP contribution in [0, 0.1) is 23.1 Å². The highest BCUT2D eigenvalue weighted by atomic mass is 35.5. The summed E-state index contributed by atoms with van der Waals surface area (Å²) >= 11 is 5.56. The minimum Gasteiger partial charge on any atom is -0.493 e. The van der Waals surface area contributed by atoms with E-state index in [1.807, 2.05) is 0 Å². The van der Waals surface area contributed by atoms with Crippen LogP contribution in [0.1, 0.15) is 18.1 Å². The second kappa shape index (κ2) is 8.27. The quantitative estimate of drug-likeness (QED) is 0.716.